The first-order chi connectivity index (χ1) is 7.74. The smallest absolute Gasteiger partial charge is 0.224 e. The average Bonchev–Trinajstić information content (AvgIpc) is 2.64. The number of halogens is 1. The second kappa shape index (κ2) is 4.94. The Morgan fingerprint density at radius 2 is 2.38 bits per heavy atom. The van der Waals surface area contributed by atoms with Crippen molar-refractivity contribution >= 4 is 17.4 Å². The van der Waals surface area contributed by atoms with Crippen molar-refractivity contribution in [2.24, 2.45) is 7.05 Å². The molecule has 0 amide bonds. The maximum Gasteiger partial charge on any atom is 0.224 e. The summed E-state index contributed by atoms with van der Waals surface area (Å²) in [5.41, 5.74) is 1.19. The lowest BCUT2D eigenvalue weighted by Crippen LogP contribution is -2.06. The third-order valence-electron chi connectivity index (χ3n) is 2.10. The minimum atomic E-state index is 0.256. The van der Waals surface area contributed by atoms with E-state index < -0.39 is 0 Å². The number of nitrogens with one attached hydrogen (secondary N) is 1. The van der Waals surface area contributed by atoms with Gasteiger partial charge in [-0.15, -0.1) is 0 Å². The minimum Gasteiger partial charge on any atom is -0.370 e. The summed E-state index contributed by atoms with van der Waals surface area (Å²) in [4.78, 5) is 7.84. The molecule has 2 heterocycles. The Labute approximate surface area is 98.5 Å². The number of rotatable bonds is 4. The van der Waals surface area contributed by atoms with Gasteiger partial charge in [0.1, 0.15) is 5.82 Å². The van der Waals surface area contributed by atoms with Crippen LogP contribution in [0, 0.1) is 0 Å². The van der Waals surface area contributed by atoms with E-state index in [1.165, 1.54) is 5.56 Å². The molecular weight excluding hydrogens is 226 g/mol. The topological polar surface area (TPSA) is 55.6 Å². The molecule has 0 aliphatic heterocycles. The van der Waals surface area contributed by atoms with Crippen LogP contribution < -0.4 is 5.32 Å². The summed E-state index contributed by atoms with van der Waals surface area (Å²) in [6.07, 6.45) is 6.38. The zero-order valence-electron chi connectivity index (χ0n) is 8.89. The molecule has 0 aromatic carbocycles. The molecule has 2 rings (SSSR count). The number of anilines is 1. The molecule has 0 radical (unpaired) electrons. The number of hydrogen-bond donors (Lipinski definition) is 1. The van der Waals surface area contributed by atoms with Crippen molar-refractivity contribution in [2.75, 3.05) is 11.9 Å². The fraction of sp³-hybridized carbons (Fsp3) is 0.300. The van der Waals surface area contributed by atoms with E-state index in [0.29, 0.717) is 0 Å². The Kier molecular flexibility index (Phi) is 3.36. The Morgan fingerprint density at radius 1 is 1.50 bits per heavy atom. The van der Waals surface area contributed by atoms with Crippen LogP contribution in [0.15, 0.2) is 24.7 Å². The molecule has 2 aromatic rings. The largest absolute Gasteiger partial charge is 0.370 e. The van der Waals surface area contributed by atoms with E-state index in [4.69, 9.17) is 11.6 Å². The number of nitrogens with zero attached hydrogens (tertiary/aromatic N) is 4. The van der Waals surface area contributed by atoms with Gasteiger partial charge in [-0.05, 0) is 29.7 Å². The summed E-state index contributed by atoms with van der Waals surface area (Å²) < 4.78 is 1.79. The second-order valence-electron chi connectivity index (χ2n) is 3.41. The third kappa shape index (κ3) is 2.93. The van der Waals surface area contributed by atoms with Crippen molar-refractivity contribution in [3.05, 3.63) is 35.5 Å². The Bertz CT molecular complexity index is 468. The maximum absolute atomic E-state index is 5.67. The summed E-state index contributed by atoms with van der Waals surface area (Å²) in [6.45, 7) is 0.791. The molecule has 0 saturated carbocycles. The molecule has 1 N–H and O–H groups in total. The van der Waals surface area contributed by atoms with Crippen LogP contribution in [0.1, 0.15) is 5.56 Å². The summed E-state index contributed by atoms with van der Waals surface area (Å²) in [5, 5.41) is 7.53. The highest BCUT2D eigenvalue weighted by atomic mass is 35.5. The van der Waals surface area contributed by atoms with Crippen molar-refractivity contribution in [2.45, 2.75) is 6.42 Å². The van der Waals surface area contributed by atoms with Crippen LogP contribution in [0.4, 0.5) is 5.82 Å². The number of aryl methyl sites for hydroxylation is 1. The first-order valence-corrected chi connectivity index (χ1v) is 5.32. The average molecular weight is 238 g/mol. The van der Waals surface area contributed by atoms with E-state index >= 15 is 0 Å². The van der Waals surface area contributed by atoms with Gasteiger partial charge in [-0.2, -0.15) is 5.10 Å². The molecule has 84 valence electrons. The summed E-state index contributed by atoms with van der Waals surface area (Å²) >= 11 is 5.67. The van der Waals surface area contributed by atoms with Crippen molar-refractivity contribution in [3.63, 3.8) is 0 Å². The molecule has 0 bridgehead atoms. The lowest BCUT2D eigenvalue weighted by Gasteiger charge is -2.03. The Hall–Kier alpha value is -1.62. The molecular formula is C10H12ClN5. The van der Waals surface area contributed by atoms with Gasteiger partial charge in [0.05, 0.1) is 6.20 Å². The lowest BCUT2D eigenvalue weighted by molar-refractivity contribution is 0.767. The molecule has 0 saturated heterocycles. The van der Waals surface area contributed by atoms with Gasteiger partial charge < -0.3 is 5.32 Å². The van der Waals surface area contributed by atoms with Crippen LogP contribution in [0.5, 0.6) is 0 Å². The quantitative estimate of drug-likeness (QED) is 0.820. The molecule has 0 aliphatic rings. The molecule has 0 fully saturated rings. The van der Waals surface area contributed by atoms with Crippen LogP contribution in [0.25, 0.3) is 0 Å². The predicted octanol–water partition coefficient (Wildman–Crippen LogP) is 1.52. The van der Waals surface area contributed by atoms with Crippen LogP contribution in [-0.2, 0) is 13.5 Å². The standard InChI is InChI=1S/C10H12ClN5/c1-16-7-8(6-14-16)2-4-12-9-3-5-13-10(11)15-9/h3,5-7H,2,4H2,1H3,(H,12,13,15). The maximum atomic E-state index is 5.67. The van der Waals surface area contributed by atoms with E-state index in [2.05, 4.69) is 20.4 Å². The van der Waals surface area contributed by atoms with Gasteiger partial charge in [-0.25, -0.2) is 9.97 Å². The predicted molar refractivity (Wildman–Crippen MR) is 62.4 cm³/mol. The van der Waals surface area contributed by atoms with E-state index in [1.54, 1.807) is 16.9 Å². The molecule has 0 unspecified atom stereocenters. The van der Waals surface area contributed by atoms with Crippen molar-refractivity contribution in [3.8, 4) is 0 Å². The summed E-state index contributed by atoms with van der Waals surface area (Å²) in [5.74, 6) is 0.740. The number of hydrogen-bond acceptors (Lipinski definition) is 4. The third-order valence-corrected chi connectivity index (χ3v) is 2.29. The van der Waals surface area contributed by atoms with Gasteiger partial charge in [-0.3, -0.25) is 4.68 Å². The lowest BCUT2D eigenvalue weighted by atomic mass is 10.2. The molecule has 0 aliphatic carbocycles. The van der Waals surface area contributed by atoms with E-state index in [-0.39, 0.29) is 5.28 Å². The summed E-state index contributed by atoms with van der Waals surface area (Å²) in [7, 11) is 1.90. The van der Waals surface area contributed by atoms with E-state index in [9.17, 15) is 0 Å². The highest BCUT2D eigenvalue weighted by Crippen LogP contribution is 2.06. The fourth-order valence-electron chi connectivity index (χ4n) is 1.37. The van der Waals surface area contributed by atoms with Crippen LogP contribution in [0.2, 0.25) is 5.28 Å². The minimum absolute atomic E-state index is 0.256. The first-order valence-electron chi connectivity index (χ1n) is 4.94. The first kappa shape index (κ1) is 10.9. The van der Waals surface area contributed by atoms with Crippen molar-refractivity contribution in [1.82, 2.24) is 19.7 Å². The zero-order chi connectivity index (χ0) is 11.4. The molecule has 16 heavy (non-hydrogen) atoms. The monoisotopic (exact) mass is 237 g/mol. The Morgan fingerprint density at radius 3 is 3.06 bits per heavy atom. The molecule has 6 heteroatoms. The van der Waals surface area contributed by atoms with E-state index in [1.807, 2.05) is 19.4 Å². The molecule has 0 spiro atoms. The SMILES string of the molecule is Cn1cc(CCNc2ccnc(Cl)n2)cn1. The molecule has 0 atom stereocenters. The summed E-state index contributed by atoms with van der Waals surface area (Å²) in [6, 6.07) is 1.79. The highest BCUT2D eigenvalue weighted by molar-refractivity contribution is 6.28. The zero-order valence-corrected chi connectivity index (χ0v) is 9.65. The van der Waals surface area contributed by atoms with Gasteiger partial charge in [0.25, 0.3) is 0 Å². The van der Waals surface area contributed by atoms with Gasteiger partial charge >= 0.3 is 0 Å². The molecule has 2 aromatic heterocycles. The van der Waals surface area contributed by atoms with Crippen molar-refractivity contribution in [1.29, 1.82) is 0 Å². The van der Waals surface area contributed by atoms with Gasteiger partial charge in [0.15, 0.2) is 0 Å². The second-order valence-corrected chi connectivity index (χ2v) is 3.75. The van der Waals surface area contributed by atoms with Crippen LogP contribution >= 0.6 is 11.6 Å². The van der Waals surface area contributed by atoms with Crippen molar-refractivity contribution < 1.29 is 0 Å². The Balaban J connectivity index is 1.84. The fourth-order valence-corrected chi connectivity index (χ4v) is 1.52. The number of aromatic nitrogens is 4. The normalized spacial score (nSPS) is 10.4. The van der Waals surface area contributed by atoms with Crippen LogP contribution in [-0.4, -0.2) is 26.3 Å². The van der Waals surface area contributed by atoms with E-state index in [0.717, 1.165) is 18.8 Å². The van der Waals surface area contributed by atoms with Gasteiger partial charge in [-0.1, -0.05) is 0 Å². The molecule has 5 nitrogen and oxygen atoms in total. The highest BCUT2D eigenvalue weighted by Gasteiger charge is 1.98. The van der Waals surface area contributed by atoms with Gasteiger partial charge in [0.2, 0.25) is 5.28 Å². The van der Waals surface area contributed by atoms with Gasteiger partial charge in [0, 0.05) is 26.0 Å². The van der Waals surface area contributed by atoms with Crippen LogP contribution in [0.3, 0.4) is 0 Å².